The van der Waals surface area contributed by atoms with Crippen LogP contribution in [-0.2, 0) is 9.59 Å². The number of aliphatic imine (C=N–C) groups is 1. The molecule has 4 rings (SSSR count). The predicted molar refractivity (Wildman–Crippen MR) is 116 cm³/mol. The van der Waals surface area contributed by atoms with Gasteiger partial charge in [-0.05, 0) is 43.3 Å². The van der Waals surface area contributed by atoms with Gasteiger partial charge in [-0.1, -0.05) is 12.1 Å². The Morgan fingerprint density at radius 1 is 1.19 bits per heavy atom. The first-order valence-electron chi connectivity index (χ1n) is 10.4. The molecule has 2 N–H and O–H groups in total. The van der Waals surface area contributed by atoms with Gasteiger partial charge in [-0.15, -0.1) is 0 Å². The highest BCUT2D eigenvalue weighted by molar-refractivity contribution is 6.46. The number of nitrogens with one attached hydrogen (secondary N) is 2. The Morgan fingerprint density at radius 2 is 1.90 bits per heavy atom. The summed E-state index contributed by atoms with van der Waals surface area (Å²) in [6.07, 6.45) is 1.21. The molecule has 0 bridgehead atoms. The largest absolute Gasteiger partial charge is 0.492 e. The molecular formula is C23H25FN4O3. The number of carbonyl (C=O) groups excluding carboxylic acids is 2. The summed E-state index contributed by atoms with van der Waals surface area (Å²) in [5.41, 5.74) is 0.929. The second-order valence-electron chi connectivity index (χ2n) is 7.71. The number of hydrogen-bond acceptors (Lipinski definition) is 5. The summed E-state index contributed by atoms with van der Waals surface area (Å²) in [6, 6.07) is 13.1. The van der Waals surface area contributed by atoms with Crippen LogP contribution in [0.3, 0.4) is 0 Å². The van der Waals surface area contributed by atoms with E-state index in [-0.39, 0.29) is 24.2 Å². The molecule has 0 radical (unpaired) electrons. The van der Waals surface area contributed by atoms with Gasteiger partial charge in [0.15, 0.2) is 0 Å². The van der Waals surface area contributed by atoms with Crippen LogP contribution in [-0.4, -0.2) is 54.3 Å². The van der Waals surface area contributed by atoms with Crippen LogP contribution in [0.2, 0.25) is 0 Å². The molecule has 1 spiro atoms. The van der Waals surface area contributed by atoms with Crippen molar-refractivity contribution in [1.29, 1.82) is 0 Å². The molecule has 2 aromatic rings. The number of anilines is 1. The van der Waals surface area contributed by atoms with Crippen molar-refractivity contribution in [1.82, 2.24) is 10.2 Å². The van der Waals surface area contributed by atoms with Gasteiger partial charge in [-0.25, -0.2) is 4.39 Å². The molecule has 2 aromatic carbocycles. The summed E-state index contributed by atoms with van der Waals surface area (Å²) < 4.78 is 18.7. The Kier molecular flexibility index (Phi) is 5.99. The van der Waals surface area contributed by atoms with E-state index in [1.165, 1.54) is 12.1 Å². The number of likely N-dealkylation sites (tertiary alicyclic amines) is 1. The van der Waals surface area contributed by atoms with Crippen LogP contribution >= 0.6 is 0 Å². The number of carbonyl (C=O) groups is 2. The van der Waals surface area contributed by atoms with Crippen LogP contribution in [0, 0.1) is 5.82 Å². The Morgan fingerprint density at radius 3 is 2.61 bits per heavy atom. The summed E-state index contributed by atoms with van der Waals surface area (Å²) in [4.78, 5) is 31.7. The van der Waals surface area contributed by atoms with Crippen molar-refractivity contribution in [3.63, 3.8) is 0 Å². The Hall–Kier alpha value is -3.26. The van der Waals surface area contributed by atoms with Crippen molar-refractivity contribution >= 4 is 23.2 Å². The standard InChI is InChI=1S/C23H25FN4O3/c1-2-31-19-6-4-3-5-18(19)25-20(29)15-28-13-11-23(12-14-28)26-21(22(30)27-23)16-7-9-17(24)10-8-16/h3-10H,2,11-15H2,1H3,(H,25,29)(H,27,30). The monoisotopic (exact) mass is 424 g/mol. The zero-order chi connectivity index (χ0) is 21.8. The van der Waals surface area contributed by atoms with Gasteiger partial charge in [-0.2, -0.15) is 0 Å². The lowest BCUT2D eigenvalue weighted by atomic mass is 9.98. The highest BCUT2D eigenvalue weighted by atomic mass is 19.1. The van der Waals surface area contributed by atoms with E-state index in [1.54, 1.807) is 12.1 Å². The van der Waals surface area contributed by atoms with Crippen molar-refractivity contribution in [3.8, 4) is 5.75 Å². The maximum absolute atomic E-state index is 13.2. The zero-order valence-electron chi connectivity index (χ0n) is 17.4. The molecule has 2 aliphatic rings. The minimum atomic E-state index is -0.657. The number of halogens is 1. The second kappa shape index (κ2) is 8.85. The maximum atomic E-state index is 13.2. The first kappa shape index (κ1) is 21.0. The zero-order valence-corrected chi connectivity index (χ0v) is 17.4. The summed E-state index contributed by atoms with van der Waals surface area (Å²) in [5, 5.41) is 5.90. The normalized spacial score (nSPS) is 17.9. The van der Waals surface area contributed by atoms with E-state index in [9.17, 15) is 14.0 Å². The average Bonchev–Trinajstić information content (AvgIpc) is 3.08. The van der Waals surface area contributed by atoms with Crippen LogP contribution in [0.1, 0.15) is 25.3 Å². The Labute approximate surface area is 180 Å². The molecule has 8 heteroatoms. The molecule has 31 heavy (non-hydrogen) atoms. The minimum Gasteiger partial charge on any atom is -0.492 e. The quantitative estimate of drug-likeness (QED) is 0.747. The molecule has 1 fully saturated rings. The molecule has 0 aromatic heterocycles. The van der Waals surface area contributed by atoms with Crippen molar-refractivity contribution in [3.05, 3.63) is 59.9 Å². The van der Waals surface area contributed by atoms with Gasteiger partial charge in [0.1, 0.15) is 22.9 Å². The van der Waals surface area contributed by atoms with Gasteiger partial charge in [0.05, 0.1) is 18.8 Å². The highest BCUT2D eigenvalue weighted by Gasteiger charge is 2.42. The molecule has 2 aliphatic heterocycles. The lowest BCUT2D eigenvalue weighted by molar-refractivity contribution is -0.119. The number of ether oxygens (including phenoxy) is 1. The first-order valence-corrected chi connectivity index (χ1v) is 10.4. The smallest absolute Gasteiger partial charge is 0.272 e. The van der Waals surface area contributed by atoms with Crippen LogP contribution in [0.4, 0.5) is 10.1 Å². The average molecular weight is 424 g/mol. The fourth-order valence-corrected chi connectivity index (χ4v) is 3.93. The SMILES string of the molecule is CCOc1ccccc1NC(=O)CN1CCC2(CC1)N=C(c1ccc(F)cc1)C(=O)N2. The van der Waals surface area contributed by atoms with E-state index >= 15 is 0 Å². The van der Waals surface area contributed by atoms with Crippen molar-refractivity contribution in [2.24, 2.45) is 4.99 Å². The number of nitrogens with zero attached hydrogens (tertiary/aromatic N) is 2. The molecule has 7 nitrogen and oxygen atoms in total. The van der Waals surface area contributed by atoms with Crippen LogP contribution in [0.25, 0.3) is 0 Å². The lowest BCUT2D eigenvalue weighted by Crippen LogP contribution is -2.52. The topological polar surface area (TPSA) is 83.0 Å². The van der Waals surface area contributed by atoms with Gasteiger partial charge in [0, 0.05) is 31.5 Å². The lowest BCUT2D eigenvalue weighted by Gasteiger charge is -2.36. The molecule has 0 unspecified atom stereocenters. The third kappa shape index (κ3) is 4.74. The van der Waals surface area contributed by atoms with Crippen LogP contribution < -0.4 is 15.4 Å². The van der Waals surface area contributed by atoms with Gasteiger partial charge in [0.25, 0.3) is 5.91 Å². The molecule has 2 heterocycles. The molecule has 2 amide bonds. The van der Waals surface area contributed by atoms with Crippen LogP contribution in [0.5, 0.6) is 5.75 Å². The summed E-state index contributed by atoms with van der Waals surface area (Å²) in [5.74, 6) is -0.0698. The van der Waals surface area contributed by atoms with Crippen LogP contribution in [0.15, 0.2) is 53.5 Å². The van der Waals surface area contributed by atoms with Gasteiger partial charge in [-0.3, -0.25) is 19.5 Å². The number of para-hydroxylation sites is 2. The van der Waals surface area contributed by atoms with Gasteiger partial charge < -0.3 is 15.4 Å². The molecule has 1 saturated heterocycles. The Bertz CT molecular complexity index is 998. The van der Waals surface area contributed by atoms with Gasteiger partial charge in [0.2, 0.25) is 5.91 Å². The fraction of sp³-hybridized carbons (Fsp3) is 0.348. The molecule has 0 aliphatic carbocycles. The minimum absolute atomic E-state index is 0.117. The highest BCUT2D eigenvalue weighted by Crippen LogP contribution is 2.29. The summed E-state index contributed by atoms with van der Waals surface area (Å²) in [7, 11) is 0. The van der Waals surface area contributed by atoms with Gasteiger partial charge >= 0.3 is 0 Å². The molecule has 0 saturated carbocycles. The molecule has 0 atom stereocenters. The van der Waals surface area contributed by atoms with E-state index in [0.29, 0.717) is 55.3 Å². The predicted octanol–water partition coefficient (Wildman–Crippen LogP) is 2.57. The fourth-order valence-electron chi connectivity index (χ4n) is 3.93. The first-order chi connectivity index (χ1) is 15.0. The number of piperidine rings is 1. The second-order valence-corrected chi connectivity index (χ2v) is 7.71. The van der Waals surface area contributed by atoms with E-state index in [2.05, 4.69) is 15.6 Å². The van der Waals surface area contributed by atoms with Crippen molar-refractivity contribution in [2.75, 3.05) is 31.6 Å². The summed E-state index contributed by atoms with van der Waals surface area (Å²) in [6.45, 7) is 3.92. The number of rotatable bonds is 6. The van der Waals surface area contributed by atoms with Crippen molar-refractivity contribution in [2.45, 2.75) is 25.4 Å². The maximum Gasteiger partial charge on any atom is 0.272 e. The van der Waals surface area contributed by atoms with E-state index in [4.69, 9.17) is 4.74 Å². The number of amides is 2. The Balaban J connectivity index is 1.35. The molecular weight excluding hydrogens is 399 g/mol. The third-order valence-electron chi connectivity index (χ3n) is 5.52. The summed E-state index contributed by atoms with van der Waals surface area (Å²) >= 11 is 0. The molecule has 162 valence electrons. The number of benzene rings is 2. The van der Waals surface area contributed by atoms with E-state index < -0.39 is 5.66 Å². The van der Waals surface area contributed by atoms with Crippen molar-refractivity contribution < 1.29 is 18.7 Å². The third-order valence-corrected chi connectivity index (χ3v) is 5.52. The van der Waals surface area contributed by atoms with E-state index in [0.717, 1.165) is 0 Å². The number of hydrogen-bond donors (Lipinski definition) is 2. The van der Waals surface area contributed by atoms with E-state index in [1.807, 2.05) is 36.1 Å².